The van der Waals surface area contributed by atoms with Crippen LogP contribution in [0.5, 0.6) is 0 Å². The Bertz CT molecular complexity index is 1480. The van der Waals surface area contributed by atoms with Crippen LogP contribution in [0.2, 0.25) is 0 Å². The molecule has 0 radical (unpaired) electrons. The van der Waals surface area contributed by atoms with E-state index in [9.17, 15) is 18.3 Å². The summed E-state index contributed by atoms with van der Waals surface area (Å²) in [5.41, 5.74) is 5.32. The molecule has 0 aromatic rings. The molecule has 1 heterocycles. The normalized spacial score (nSPS) is 44.5. The molecule has 7 rings (SSSR count). The maximum atomic E-state index is 12.1. The van der Waals surface area contributed by atoms with E-state index in [0.29, 0.717) is 40.9 Å². The fraction of sp³-hybridized carbons (Fsp3) is 0.833. The average Bonchev–Trinajstić information content (AvgIpc) is 3.45. The number of hydrogen-bond acceptors (Lipinski definition) is 5. The quantitative estimate of drug-likeness (QED) is 0.250. The third-order valence-corrected chi connectivity index (χ3v) is 18.3. The minimum atomic E-state index is -2.94. The van der Waals surface area contributed by atoms with Crippen LogP contribution in [0.3, 0.4) is 0 Å². The van der Waals surface area contributed by atoms with Crippen LogP contribution in [0.1, 0.15) is 118 Å². The van der Waals surface area contributed by atoms with Gasteiger partial charge in [-0.05, 0) is 173 Å². The fourth-order valence-corrected chi connectivity index (χ4v) is 15.2. The summed E-state index contributed by atoms with van der Waals surface area (Å²) in [7, 11) is -2.94. The van der Waals surface area contributed by atoms with Gasteiger partial charge in [-0.2, -0.15) is 0 Å². The standard InChI is InChI=1S/C42H66N2O4S/c1-27(2)32-14-21-42(43-23-26-44-24-17-31(18-25-44)49(6,47)48)22-16-36-34(38(32)42)11-12-37-40(4)19-13-33(28(3)35(40)15-20-41(36,37)5)29-7-9-30(10-8-29)39(45)46/h7,13,28,30-32,34-38,43H,1,8-12,14-26H2,2-6H3,(H,45,46)/t28?,30-,32+,34?,35?,36?,37?,38?,40?,41?,42?/m1/s1. The topological polar surface area (TPSA) is 86.7 Å². The molecule has 274 valence electrons. The maximum absolute atomic E-state index is 12.1. The number of carbonyl (C=O) groups is 1. The molecule has 0 bridgehead atoms. The summed E-state index contributed by atoms with van der Waals surface area (Å²) in [6.45, 7) is 18.6. The molecule has 9 unspecified atom stereocenters. The number of nitrogens with one attached hydrogen (secondary N) is 1. The highest BCUT2D eigenvalue weighted by atomic mass is 32.2. The van der Waals surface area contributed by atoms with E-state index in [4.69, 9.17) is 0 Å². The molecule has 7 aliphatic rings. The van der Waals surface area contributed by atoms with Crippen LogP contribution in [-0.2, 0) is 14.6 Å². The molecule has 4 saturated carbocycles. The van der Waals surface area contributed by atoms with Gasteiger partial charge in [0.15, 0.2) is 0 Å². The van der Waals surface area contributed by atoms with E-state index in [1.807, 2.05) is 0 Å². The molecular weight excluding hydrogens is 629 g/mol. The molecule has 49 heavy (non-hydrogen) atoms. The van der Waals surface area contributed by atoms with E-state index < -0.39 is 15.8 Å². The second kappa shape index (κ2) is 13.2. The Morgan fingerprint density at radius 1 is 0.980 bits per heavy atom. The second-order valence-electron chi connectivity index (χ2n) is 18.8. The molecule has 2 N–H and O–H groups in total. The van der Waals surface area contributed by atoms with Crippen molar-refractivity contribution in [1.29, 1.82) is 0 Å². The van der Waals surface area contributed by atoms with Crippen LogP contribution >= 0.6 is 0 Å². The molecule has 1 saturated heterocycles. The highest BCUT2D eigenvalue weighted by Gasteiger charge is 2.65. The Balaban J connectivity index is 1.06. The van der Waals surface area contributed by atoms with Gasteiger partial charge < -0.3 is 15.3 Å². The number of nitrogens with zero attached hydrogens (tertiary/aromatic N) is 1. The first-order chi connectivity index (χ1) is 23.2. The predicted molar refractivity (Wildman–Crippen MR) is 199 cm³/mol. The van der Waals surface area contributed by atoms with Crippen molar-refractivity contribution in [2.45, 2.75) is 128 Å². The van der Waals surface area contributed by atoms with E-state index in [1.165, 1.54) is 75.2 Å². The van der Waals surface area contributed by atoms with E-state index >= 15 is 0 Å². The number of likely N-dealkylation sites (tertiary alicyclic amines) is 1. The van der Waals surface area contributed by atoms with Crippen molar-refractivity contribution in [3.8, 4) is 0 Å². The van der Waals surface area contributed by atoms with Crippen LogP contribution in [-0.4, -0.2) is 67.6 Å². The molecule has 1 aliphatic heterocycles. The van der Waals surface area contributed by atoms with Crippen LogP contribution in [0.15, 0.2) is 35.5 Å². The van der Waals surface area contributed by atoms with Crippen LogP contribution in [0, 0.1) is 58.2 Å². The lowest BCUT2D eigenvalue weighted by Gasteiger charge is -2.67. The number of carboxylic acids is 1. The molecule has 0 aromatic carbocycles. The van der Waals surface area contributed by atoms with E-state index in [-0.39, 0.29) is 16.7 Å². The van der Waals surface area contributed by atoms with Crippen molar-refractivity contribution in [3.05, 3.63) is 35.5 Å². The third-order valence-electron chi connectivity index (χ3n) is 16.6. The van der Waals surface area contributed by atoms with Gasteiger partial charge in [-0.3, -0.25) is 4.79 Å². The van der Waals surface area contributed by atoms with Gasteiger partial charge in [-0.1, -0.05) is 45.1 Å². The number of allylic oxidation sites excluding steroid dienone is 5. The smallest absolute Gasteiger partial charge is 0.306 e. The maximum Gasteiger partial charge on any atom is 0.306 e. The molecule has 7 heteroatoms. The zero-order chi connectivity index (χ0) is 34.9. The van der Waals surface area contributed by atoms with E-state index in [0.717, 1.165) is 69.6 Å². The number of carboxylic acid groups (broad SMARTS) is 1. The Labute approximate surface area is 297 Å². The molecular formula is C42H66N2O4S. The second-order valence-corrected chi connectivity index (χ2v) is 21.1. The van der Waals surface area contributed by atoms with Crippen LogP contribution in [0.25, 0.3) is 0 Å². The molecule has 0 amide bonds. The lowest BCUT2D eigenvalue weighted by atomic mass is 9.38. The molecule has 6 aliphatic carbocycles. The Hall–Kier alpha value is -1.44. The Morgan fingerprint density at radius 3 is 2.35 bits per heavy atom. The number of aliphatic carboxylic acids is 1. The number of sulfone groups is 1. The van der Waals surface area contributed by atoms with Gasteiger partial charge in [0.2, 0.25) is 0 Å². The van der Waals surface area contributed by atoms with Crippen molar-refractivity contribution >= 4 is 15.8 Å². The van der Waals surface area contributed by atoms with Gasteiger partial charge in [0, 0.05) is 24.9 Å². The van der Waals surface area contributed by atoms with Crippen molar-refractivity contribution in [1.82, 2.24) is 10.2 Å². The Morgan fingerprint density at radius 2 is 1.69 bits per heavy atom. The van der Waals surface area contributed by atoms with E-state index in [2.05, 4.69) is 56.6 Å². The van der Waals surface area contributed by atoms with Gasteiger partial charge >= 0.3 is 5.97 Å². The minimum absolute atomic E-state index is 0.160. The van der Waals surface area contributed by atoms with Crippen molar-refractivity contribution in [2.75, 3.05) is 32.4 Å². The number of piperidine rings is 1. The summed E-state index contributed by atoms with van der Waals surface area (Å²) in [4.78, 5) is 14.1. The largest absolute Gasteiger partial charge is 0.481 e. The van der Waals surface area contributed by atoms with Crippen molar-refractivity contribution in [2.24, 2.45) is 58.2 Å². The van der Waals surface area contributed by atoms with Crippen molar-refractivity contribution in [3.63, 3.8) is 0 Å². The summed E-state index contributed by atoms with van der Waals surface area (Å²) >= 11 is 0. The molecule has 11 atom stereocenters. The zero-order valence-electron chi connectivity index (χ0n) is 31.3. The van der Waals surface area contributed by atoms with Gasteiger partial charge in [0.1, 0.15) is 9.84 Å². The monoisotopic (exact) mass is 694 g/mol. The molecule has 6 nitrogen and oxygen atoms in total. The van der Waals surface area contributed by atoms with Gasteiger partial charge in [0.05, 0.1) is 11.2 Å². The van der Waals surface area contributed by atoms with Gasteiger partial charge in [-0.15, -0.1) is 0 Å². The number of hydrogen-bond donors (Lipinski definition) is 2. The first-order valence-corrected chi connectivity index (χ1v) is 22.1. The van der Waals surface area contributed by atoms with Gasteiger partial charge in [-0.25, -0.2) is 8.42 Å². The van der Waals surface area contributed by atoms with Gasteiger partial charge in [0.25, 0.3) is 0 Å². The number of fused-ring (bicyclic) bond motifs is 7. The zero-order valence-corrected chi connectivity index (χ0v) is 32.1. The highest BCUT2D eigenvalue weighted by Crippen LogP contribution is 2.71. The molecule has 5 fully saturated rings. The molecule has 0 aromatic heterocycles. The first-order valence-electron chi connectivity index (χ1n) is 20.1. The summed E-state index contributed by atoms with van der Waals surface area (Å²) < 4.78 is 24.2. The summed E-state index contributed by atoms with van der Waals surface area (Å²) in [6, 6.07) is 0. The lowest BCUT2D eigenvalue weighted by Crippen LogP contribution is -2.64. The fourth-order valence-electron chi connectivity index (χ4n) is 14.1. The molecule has 0 spiro atoms. The van der Waals surface area contributed by atoms with Crippen molar-refractivity contribution < 1.29 is 18.3 Å². The lowest BCUT2D eigenvalue weighted by molar-refractivity contribution is -0.168. The summed E-state index contributed by atoms with van der Waals surface area (Å²) in [5, 5.41) is 13.6. The van der Waals surface area contributed by atoms with Crippen LogP contribution in [0.4, 0.5) is 0 Å². The highest BCUT2D eigenvalue weighted by molar-refractivity contribution is 7.91. The SMILES string of the molecule is C=C(C)[C@@H]1CCC2(NCCN3CCC(S(C)(=O)=O)CC3)CCC3C(CCC4C5(C)CC=C(C6=CC[C@@H](C(=O)O)CC6)C(C)C5CCC34C)C12. The third kappa shape index (κ3) is 6.15. The number of rotatable bonds is 8. The minimum Gasteiger partial charge on any atom is -0.481 e. The van der Waals surface area contributed by atoms with E-state index in [1.54, 1.807) is 5.57 Å². The van der Waals surface area contributed by atoms with Crippen LogP contribution < -0.4 is 5.32 Å². The first kappa shape index (κ1) is 35.9. The summed E-state index contributed by atoms with van der Waals surface area (Å²) in [6.07, 6.45) is 22.0. The summed E-state index contributed by atoms with van der Waals surface area (Å²) in [5.74, 6) is 4.01. The average molecular weight is 695 g/mol. The predicted octanol–water partition coefficient (Wildman–Crippen LogP) is 8.06. The Kier molecular flexibility index (Phi) is 9.68.